The highest BCUT2D eigenvalue weighted by molar-refractivity contribution is 5.06. The molecule has 3 heteroatoms. The maximum atomic E-state index is 9.54. The third-order valence-corrected chi connectivity index (χ3v) is 1.79. The molecule has 1 aromatic rings. The Morgan fingerprint density at radius 1 is 1.75 bits per heavy atom. The normalized spacial score (nSPS) is 12.8. The smallest absolute Gasteiger partial charge is 0.0820 e. The van der Waals surface area contributed by atoms with Crippen LogP contribution in [-0.2, 0) is 0 Å². The number of hydrogen-bond acceptors (Lipinski definition) is 2. The number of nitrogens with one attached hydrogen (secondary N) is 1. The van der Waals surface area contributed by atoms with Gasteiger partial charge >= 0.3 is 0 Å². The summed E-state index contributed by atoms with van der Waals surface area (Å²) >= 11 is 0. The van der Waals surface area contributed by atoms with Crippen molar-refractivity contribution in [3.05, 3.63) is 30.6 Å². The van der Waals surface area contributed by atoms with Crippen molar-refractivity contribution in [2.24, 2.45) is 0 Å². The van der Waals surface area contributed by atoms with Crippen molar-refractivity contribution < 1.29 is 5.11 Å². The van der Waals surface area contributed by atoms with Gasteiger partial charge in [-0.25, -0.2) is 0 Å². The van der Waals surface area contributed by atoms with E-state index in [-0.39, 0.29) is 6.10 Å². The zero-order chi connectivity index (χ0) is 8.81. The average molecular weight is 166 g/mol. The van der Waals surface area contributed by atoms with E-state index in [9.17, 15) is 5.11 Å². The number of hydrogen-bond donors (Lipinski definition) is 2. The number of allylic oxidation sites excluding steroid dienone is 1. The fourth-order valence-corrected chi connectivity index (χ4v) is 1.07. The molecule has 0 amide bonds. The molecular weight excluding hydrogens is 152 g/mol. The Labute approximate surface area is 72.1 Å². The fraction of sp³-hybridized carbons (Fsp3) is 0.444. The molecule has 0 aliphatic carbocycles. The van der Waals surface area contributed by atoms with Gasteiger partial charge in [0.2, 0.25) is 0 Å². The number of aliphatic hydroxyl groups is 1. The Hall–Kier alpha value is -1.09. The molecule has 0 aromatic carbocycles. The lowest BCUT2D eigenvalue weighted by Gasteiger charge is -2.05. The second-order valence-electron chi connectivity index (χ2n) is 2.77. The predicted octanol–water partition coefficient (Wildman–Crippen LogP) is 1.80. The zero-order valence-electron chi connectivity index (χ0n) is 7.03. The van der Waals surface area contributed by atoms with E-state index < -0.39 is 0 Å². The summed E-state index contributed by atoms with van der Waals surface area (Å²) in [6, 6.07) is 0. The minimum Gasteiger partial charge on any atom is -0.388 e. The number of aromatic amines is 1. The summed E-state index contributed by atoms with van der Waals surface area (Å²) in [5.41, 5.74) is 0.860. The summed E-state index contributed by atoms with van der Waals surface area (Å²) in [4.78, 5) is 0. The van der Waals surface area contributed by atoms with Gasteiger partial charge in [-0.2, -0.15) is 5.10 Å². The van der Waals surface area contributed by atoms with Crippen LogP contribution >= 0.6 is 0 Å². The first-order valence-corrected chi connectivity index (χ1v) is 4.12. The van der Waals surface area contributed by atoms with Crippen LogP contribution in [0.25, 0.3) is 0 Å². The van der Waals surface area contributed by atoms with Gasteiger partial charge in [-0.05, 0) is 19.3 Å². The first-order chi connectivity index (χ1) is 5.84. The van der Waals surface area contributed by atoms with Crippen LogP contribution in [0.1, 0.15) is 30.9 Å². The highest BCUT2D eigenvalue weighted by Crippen LogP contribution is 2.17. The van der Waals surface area contributed by atoms with Gasteiger partial charge in [-0.3, -0.25) is 5.10 Å². The van der Waals surface area contributed by atoms with Crippen LogP contribution in [-0.4, -0.2) is 15.3 Å². The molecule has 0 saturated carbocycles. The summed E-state index contributed by atoms with van der Waals surface area (Å²) < 4.78 is 0. The van der Waals surface area contributed by atoms with Gasteiger partial charge in [0.25, 0.3) is 0 Å². The third-order valence-electron chi connectivity index (χ3n) is 1.79. The van der Waals surface area contributed by atoms with Crippen LogP contribution in [0.5, 0.6) is 0 Å². The third kappa shape index (κ3) is 2.51. The van der Waals surface area contributed by atoms with Crippen molar-refractivity contribution in [1.82, 2.24) is 10.2 Å². The Morgan fingerprint density at radius 2 is 2.58 bits per heavy atom. The quantitative estimate of drug-likeness (QED) is 0.517. The predicted molar refractivity (Wildman–Crippen MR) is 47.6 cm³/mol. The lowest BCUT2D eigenvalue weighted by molar-refractivity contribution is 0.165. The molecule has 2 N–H and O–H groups in total. The van der Waals surface area contributed by atoms with Crippen LogP contribution in [0.3, 0.4) is 0 Å². The van der Waals surface area contributed by atoms with E-state index in [0.717, 1.165) is 24.8 Å². The summed E-state index contributed by atoms with van der Waals surface area (Å²) in [6.45, 7) is 3.62. The lowest BCUT2D eigenvalue weighted by Crippen LogP contribution is -1.94. The zero-order valence-corrected chi connectivity index (χ0v) is 7.03. The Kier molecular flexibility index (Phi) is 3.54. The fourth-order valence-electron chi connectivity index (χ4n) is 1.07. The van der Waals surface area contributed by atoms with Crippen molar-refractivity contribution in [3.8, 4) is 0 Å². The van der Waals surface area contributed by atoms with Crippen molar-refractivity contribution in [1.29, 1.82) is 0 Å². The van der Waals surface area contributed by atoms with Gasteiger partial charge < -0.3 is 5.11 Å². The molecule has 12 heavy (non-hydrogen) atoms. The van der Waals surface area contributed by atoms with Crippen LogP contribution in [0.15, 0.2) is 25.0 Å². The number of aliphatic hydroxyl groups excluding tert-OH is 1. The number of H-pyrrole nitrogens is 1. The monoisotopic (exact) mass is 166 g/mol. The molecule has 0 spiro atoms. The molecule has 1 aromatic heterocycles. The van der Waals surface area contributed by atoms with Gasteiger partial charge in [-0.15, -0.1) is 6.58 Å². The van der Waals surface area contributed by atoms with E-state index in [1.165, 1.54) is 0 Å². The minimum atomic E-state index is -0.385. The molecule has 0 aliphatic heterocycles. The number of nitrogens with zero attached hydrogens (tertiary/aromatic N) is 1. The summed E-state index contributed by atoms with van der Waals surface area (Å²) in [6.07, 6.45) is 7.54. The molecule has 0 saturated heterocycles. The maximum absolute atomic E-state index is 9.54. The molecule has 0 radical (unpaired) electrons. The Morgan fingerprint density at radius 3 is 3.17 bits per heavy atom. The average Bonchev–Trinajstić information content (AvgIpc) is 2.56. The molecule has 1 rings (SSSR count). The highest BCUT2D eigenvalue weighted by Gasteiger charge is 2.06. The van der Waals surface area contributed by atoms with Gasteiger partial charge in [-0.1, -0.05) is 6.08 Å². The number of unbranched alkanes of at least 4 members (excludes halogenated alkanes) is 1. The van der Waals surface area contributed by atoms with E-state index in [1.54, 1.807) is 12.4 Å². The first-order valence-electron chi connectivity index (χ1n) is 4.12. The van der Waals surface area contributed by atoms with E-state index in [0.29, 0.717) is 0 Å². The van der Waals surface area contributed by atoms with Crippen LogP contribution in [0, 0.1) is 0 Å². The van der Waals surface area contributed by atoms with Gasteiger partial charge in [0.05, 0.1) is 12.3 Å². The standard InChI is InChI=1S/C9H14N2O/c1-2-3-4-5-9(12)8-6-10-11-7-8/h2,6-7,9,12H,1,3-5H2,(H,10,11). The lowest BCUT2D eigenvalue weighted by atomic mass is 10.1. The molecular formula is C9H14N2O. The molecule has 1 heterocycles. The summed E-state index contributed by atoms with van der Waals surface area (Å²) in [5, 5.41) is 16.0. The van der Waals surface area contributed by atoms with E-state index in [2.05, 4.69) is 16.8 Å². The van der Waals surface area contributed by atoms with Gasteiger partial charge in [0, 0.05) is 11.8 Å². The van der Waals surface area contributed by atoms with E-state index >= 15 is 0 Å². The molecule has 66 valence electrons. The summed E-state index contributed by atoms with van der Waals surface area (Å²) in [7, 11) is 0. The first kappa shape index (κ1) is 9.00. The van der Waals surface area contributed by atoms with E-state index in [4.69, 9.17) is 0 Å². The van der Waals surface area contributed by atoms with Crippen molar-refractivity contribution >= 4 is 0 Å². The highest BCUT2D eigenvalue weighted by atomic mass is 16.3. The van der Waals surface area contributed by atoms with Crippen molar-refractivity contribution in [2.75, 3.05) is 0 Å². The number of rotatable bonds is 5. The second kappa shape index (κ2) is 4.72. The topological polar surface area (TPSA) is 48.9 Å². The largest absolute Gasteiger partial charge is 0.388 e. The molecule has 3 nitrogen and oxygen atoms in total. The van der Waals surface area contributed by atoms with Crippen LogP contribution < -0.4 is 0 Å². The maximum Gasteiger partial charge on any atom is 0.0820 e. The van der Waals surface area contributed by atoms with Gasteiger partial charge in [0.15, 0.2) is 0 Å². The molecule has 0 fully saturated rings. The van der Waals surface area contributed by atoms with Crippen LogP contribution in [0.4, 0.5) is 0 Å². The summed E-state index contributed by atoms with van der Waals surface area (Å²) in [5.74, 6) is 0. The van der Waals surface area contributed by atoms with Gasteiger partial charge in [0.1, 0.15) is 0 Å². The SMILES string of the molecule is C=CCCCC(O)c1cn[nH]c1. The minimum absolute atomic E-state index is 0.385. The molecule has 1 unspecified atom stereocenters. The number of aromatic nitrogens is 2. The molecule has 0 bridgehead atoms. The molecule has 1 atom stereocenters. The Balaban J connectivity index is 2.29. The van der Waals surface area contributed by atoms with Crippen LogP contribution in [0.2, 0.25) is 0 Å². The van der Waals surface area contributed by atoms with Crippen molar-refractivity contribution in [2.45, 2.75) is 25.4 Å². The Bertz CT molecular complexity index is 218. The van der Waals surface area contributed by atoms with E-state index in [1.807, 2.05) is 6.08 Å². The molecule has 0 aliphatic rings. The second-order valence-corrected chi connectivity index (χ2v) is 2.77. The van der Waals surface area contributed by atoms with Crippen molar-refractivity contribution in [3.63, 3.8) is 0 Å².